The lowest BCUT2D eigenvalue weighted by Crippen LogP contribution is -2.21. The number of hydrogen-bond donors (Lipinski definition) is 1. The van der Waals surface area contributed by atoms with Gasteiger partial charge in [0.1, 0.15) is 5.76 Å². The van der Waals surface area contributed by atoms with Gasteiger partial charge in [0.2, 0.25) is 0 Å². The summed E-state index contributed by atoms with van der Waals surface area (Å²) in [5, 5.41) is 4.65. The highest BCUT2D eigenvalue weighted by Crippen LogP contribution is 2.26. The molecule has 92 valence electrons. The van der Waals surface area contributed by atoms with Crippen molar-refractivity contribution in [1.29, 1.82) is 0 Å². The van der Waals surface area contributed by atoms with Crippen molar-refractivity contribution >= 4 is 11.3 Å². The van der Waals surface area contributed by atoms with E-state index in [0.717, 1.165) is 16.5 Å². The van der Waals surface area contributed by atoms with E-state index in [-0.39, 0.29) is 6.04 Å². The third kappa shape index (κ3) is 2.76. The molecule has 0 spiro atoms. The van der Waals surface area contributed by atoms with Crippen LogP contribution in [-0.4, -0.2) is 4.98 Å². The quantitative estimate of drug-likeness (QED) is 0.897. The molecule has 0 aliphatic heterocycles. The van der Waals surface area contributed by atoms with Crippen LogP contribution >= 0.6 is 11.3 Å². The van der Waals surface area contributed by atoms with E-state index < -0.39 is 0 Å². The van der Waals surface area contributed by atoms with Crippen LogP contribution in [0, 0.1) is 13.8 Å². The van der Waals surface area contributed by atoms with Gasteiger partial charge in [0.25, 0.3) is 0 Å². The highest BCUT2D eigenvalue weighted by atomic mass is 32.1. The monoisotopic (exact) mass is 250 g/mol. The molecule has 0 saturated carbocycles. The molecule has 0 aliphatic rings. The van der Waals surface area contributed by atoms with Crippen LogP contribution < -0.4 is 5.32 Å². The van der Waals surface area contributed by atoms with Crippen molar-refractivity contribution in [1.82, 2.24) is 10.3 Å². The highest BCUT2D eigenvalue weighted by molar-refractivity contribution is 7.11. The number of thiazole rings is 1. The predicted molar refractivity (Wildman–Crippen MR) is 70.3 cm³/mol. The summed E-state index contributed by atoms with van der Waals surface area (Å²) in [7, 11) is 0. The van der Waals surface area contributed by atoms with E-state index in [9.17, 15) is 0 Å². The van der Waals surface area contributed by atoms with Crippen molar-refractivity contribution in [2.45, 2.75) is 39.8 Å². The average Bonchev–Trinajstić information content (AvgIpc) is 2.87. The Balaban J connectivity index is 2.06. The van der Waals surface area contributed by atoms with Crippen LogP contribution in [0.5, 0.6) is 0 Å². The number of nitrogens with one attached hydrogen (secondary N) is 1. The Hall–Kier alpha value is -1.13. The van der Waals surface area contributed by atoms with Gasteiger partial charge in [-0.05, 0) is 39.8 Å². The molecule has 2 heterocycles. The summed E-state index contributed by atoms with van der Waals surface area (Å²) in [4.78, 5) is 5.76. The van der Waals surface area contributed by atoms with Crippen molar-refractivity contribution in [2.75, 3.05) is 0 Å². The van der Waals surface area contributed by atoms with Crippen molar-refractivity contribution in [3.63, 3.8) is 0 Å². The maximum Gasteiger partial charge on any atom is 0.120 e. The third-order valence-corrected chi connectivity index (χ3v) is 4.06. The molecule has 1 N–H and O–H groups in total. The summed E-state index contributed by atoms with van der Waals surface area (Å²) >= 11 is 1.76. The minimum absolute atomic E-state index is 0.210. The highest BCUT2D eigenvalue weighted by Gasteiger charge is 2.16. The second-order valence-electron chi connectivity index (χ2n) is 4.31. The van der Waals surface area contributed by atoms with Crippen LogP contribution in [0.1, 0.15) is 47.3 Å². The molecule has 3 nitrogen and oxygen atoms in total. The fourth-order valence-corrected chi connectivity index (χ4v) is 2.96. The molecular weight excluding hydrogens is 232 g/mol. The van der Waals surface area contributed by atoms with Crippen LogP contribution in [0.15, 0.2) is 22.8 Å². The maximum atomic E-state index is 5.39. The largest absolute Gasteiger partial charge is 0.468 e. The zero-order chi connectivity index (χ0) is 12.4. The van der Waals surface area contributed by atoms with E-state index in [2.05, 4.69) is 31.1 Å². The maximum absolute atomic E-state index is 5.39. The minimum Gasteiger partial charge on any atom is -0.468 e. The van der Waals surface area contributed by atoms with E-state index in [1.165, 1.54) is 4.88 Å². The Bertz CT molecular complexity index is 476. The number of aromatic nitrogens is 1. The van der Waals surface area contributed by atoms with E-state index in [1.807, 2.05) is 19.1 Å². The summed E-state index contributed by atoms with van der Waals surface area (Å²) in [6.07, 6.45) is 1.71. The number of aryl methyl sites for hydroxylation is 2. The van der Waals surface area contributed by atoms with Gasteiger partial charge in [-0.1, -0.05) is 0 Å². The Kier molecular flexibility index (Phi) is 3.64. The van der Waals surface area contributed by atoms with Crippen LogP contribution in [0.25, 0.3) is 0 Å². The first kappa shape index (κ1) is 12.3. The molecule has 0 amide bonds. The fourth-order valence-electron chi connectivity index (χ4n) is 2.02. The SMILES string of the molecule is Cc1nc(C)c(C(C)N[C@H](C)c2ccco2)s1. The van der Waals surface area contributed by atoms with Gasteiger partial charge in [-0.2, -0.15) is 0 Å². The Morgan fingerprint density at radius 1 is 1.29 bits per heavy atom. The van der Waals surface area contributed by atoms with Crippen LogP contribution in [0.3, 0.4) is 0 Å². The summed E-state index contributed by atoms with van der Waals surface area (Å²) in [5.41, 5.74) is 1.12. The molecule has 0 bridgehead atoms. The Labute approximate surface area is 106 Å². The van der Waals surface area contributed by atoms with Gasteiger partial charge in [0.15, 0.2) is 0 Å². The summed E-state index contributed by atoms with van der Waals surface area (Å²) in [5.74, 6) is 0.968. The lowest BCUT2D eigenvalue weighted by Gasteiger charge is -2.17. The number of rotatable bonds is 4. The lowest BCUT2D eigenvalue weighted by molar-refractivity contribution is 0.404. The van der Waals surface area contributed by atoms with E-state index in [0.29, 0.717) is 6.04 Å². The number of nitrogens with zero attached hydrogens (tertiary/aromatic N) is 1. The molecule has 2 aromatic rings. The topological polar surface area (TPSA) is 38.1 Å². The Morgan fingerprint density at radius 3 is 2.59 bits per heavy atom. The second-order valence-corrected chi connectivity index (χ2v) is 5.54. The van der Waals surface area contributed by atoms with Gasteiger partial charge in [-0.3, -0.25) is 0 Å². The number of furan rings is 1. The zero-order valence-corrected chi connectivity index (χ0v) is 11.5. The van der Waals surface area contributed by atoms with Gasteiger partial charge < -0.3 is 9.73 Å². The molecular formula is C13H18N2OS. The van der Waals surface area contributed by atoms with Gasteiger partial charge >= 0.3 is 0 Å². The molecule has 2 aromatic heterocycles. The van der Waals surface area contributed by atoms with Crippen molar-refractivity contribution in [3.05, 3.63) is 39.7 Å². The summed E-state index contributed by atoms with van der Waals surface area (Å²) in [6.45, 7) is 8.39. The average molecular weight is 250 g/mol. The molecule has 1 unspecified atom stereocenters. The molecule has 0 aliphatic carbocycles. The lowest BCUT2D eigenvalue weighted by atomic mass is 10.2. The van der Waals surface area contributed by atoms with E-state index in [1.54, 1.807) is 17.6 Å². The van der Waals surface area contributed by atoms with Gasteiger partial charge in [0.05, 0.1) is 23.0 Å². The minimum atomic E-state index is 0.210. The first-order valence-electron chi connectivity index (χ1n) is 5.81. The zero-order valence-electron chi connectivity index (χ0n) is 10.7. The van der Waals surface area contributed by atoms with Crippen molar-refractivity contribution in [3.8, 4) is 0 Å². The molecule has 0 saturated heterocycles. The van der Waals surface area contributed by atoms with Gasteiger partial charge in [-0.25, -0.2) is 4.98 Å². The van der Waals surface area contributed by atoms with Crippen LogP contribution in [-0.2, 0) is 0 Å². The predicted octanol–water partition coefficient (Wildman–Crippen LogP) is 3.76. The van der Waals surface area contributed by atoms with Crippen molar-refractivity contribution in [2.24, 2.45) is 0 Å². The molecule has 2 rings (SSSR count). The standard InChI is InChI=1S/C13H18N2OS/c1-8(12-6-5-7-16-12)14-9(2)13-10(3)15-11(4)17-13/h5-9,14H,1-4H3/t8-,9?/m1/s1. The summed E-state index contributed by atoms with van der Waals surface area (Å²) in [6, 6.07) is 4.42. The van der Waals surface area contributed by atoms with Crippen LogP contribution in [0.2, 0.25) is 0 Å². The molecule has 17 heavy (non-hydrogen) atoms. The second kappa shape index (κ2) is 5.02. The molecule has 4 heteroatoms. The Morgan fingerprint density at radius 2 is 2.06 bits per heavy atom. The third-order valence-electron chi connectivity index (χ3n) is 2.80. The smallest absolute Gasteiger partial charge is 0.120 e. The van der Waals surface area contributed by atoms with Crippen LogP contribution in [0.4, 0.5) is 0 Å². The number of hydrogen-bond acceptors (Lipinski definition) is 4. The first-order valence-corrected chi connectivity index (χ1v) is 6.63. The molecule has 0 radical (unpaired) electrons. The van der Waals surface area contributed by atoms with Gasteiger partial charge in [0, 0.05) is 10.9 Å². The molecule has 2 atom stereocenters. The normalized spacial score (nSPS) is 14.8. The molecule has 0 fully saturated rings. The van der Waals surface area contributed by atoms with Crippen molar-refractivity contribution < 1.29 is 4.42 Å². The van der Waals surface area contributed by atoms with E-state index in [4.69, 9.17) is 4.42 Å². The summed E-state index contributed by atoms with van der Waals surface area (Å²) < 4.78 is 5.39. The first-order chi connectivity index (χ1) is 8.08. The molecule has 0 aromatic carbocycles. The fraction of sp³-hybridized carbons (Fsp3) is 0.462. The van der Waals surface area contributed by atoms with Gasteiger partial charge in [-0.15, -0.1) is 11.3 Å². The van der Waals surface area contributed by atoms with E-state index >= 15 is 0 Å².